The second-order valence-electron chi connectivity index (χ2n) is 32.0. The number of anilines is 6. The largest absolute Gasteiger partial charge is 0.382 e. The Morgan fingerprint density at radius 3 is 0.817 bits per heavy atom. The topological polar surface area (TPSA) is 392 Å². The first-order chi connectivity index (χ1) is 69.0. The molecule has 33 heteroatoms. The van der Waals surface area contributed by atoms with E-state index in [2.05, 4.69) is 65.9 Å². The quantitative estimate of drug-likeness (QED) is 0.0559. The average molecular weight is 1980 g/mol. The molecule has 0 amide bonds. The molecule has 24 aromatic rings. The molecule has 0 fully saturated rings. The molecular formula is C109H72Cl5F4N19O5. The second kappa shape index (κ2) is 40.9. The maximum atomic E-state index is 13.6. The number of benzene rings is 12. The van der Waals surface area contributed by atoms with Crippen LogP contribution in [0.3, 0.4) is 0 Å². The molecule has 0 aliphatic rings. The standard InChI is InChI=1S/C19H14FN3O.C18H12ClFN4.2C18H11ClFN3O.2C18H12ClN3O/c1-11-9-13(4-6-16(11)20)18-14(3-2-8-22-18)12-5-7-17-15(10-12)19(21)23-24-17;19-14-8-11(4-6-15(14)20)17-12(2-1-7-22-17)10-3-5-13-16(9-10)23-24-18(13)21;19-14-9-11(3-5-15(14)20)17-12(2-1-7-22-17)10-4-6-16-13(8-10)18(21)23-24-16;19-14-8-11(4-6-15(14)20)17-12(2-1-7-22-17)10-3-5-13-16(9-10)24-23-18(13)21;19-13-4-1-3-12(9-13)17-14(5-2-8-21-17)11-6-7-16-15(10-11)18(20)22-23-16;19-13-4-1-3-12(9-13)17-14(5-2-8-21-17)11-6-7-15-16(10-11)23-22-18(15)20/h2-10H,1H3,(H2,21,23);1-9H,(H3,21,23,24);2*1-9H,(H2,21,23);2*1-10H,(H2,20,22). The predicted molar refractivity (Wildman–Crippen MR) is 554 cm³/mol. The van der Waals surface area contributed by atoms with E-state index in [9.17, 15) is 17.6 Å². The summed E-state index contributed by atoms with van der Waals surface area (Å²) in [5.74, 6) is 0.691. The summed E-state index contributed by atoms with van der Waals surface area (Å²) >= 11 is 29.9. The van der Waals surface area contributed by atoms with Crippen LogP contribution in [0.2, 0.25) is 25.1 Å². The summed E-state index contributed by atoms with van der Waals surface area (Å²) in [7, 11) is 0. The van der Waals surface area contributed by atoms with E-state index in [4.69, 9.17) is 115 Å². The number of halogens is 9. The van der Waals surface area contributed by atoms with Gasteiger partial charge in [0.05, 0.1) is 81.7 Å². The van der Waals surface area contributed by atoms with Gasteiger partial charge in [0.1, 0.15) is 23.3 Å². The van der Waals surface area contributed by atoms with Gasteiger partial charge >= 0.3 is 0 Å². The van der Waals surface area contributed by atoms with E-state index in [0.29, 0.717) is 89.8 Å². The van der Waals surface area contributed by atoms with Gasteiger partial charge in [0.2, 0.25) is 0 Å². The highest BCUT2D eigenvalue weighted by molar-refractivity contribution is 6.32. The average Bonchev–Trinajstić information content (AvgIpc) is 1.60. The SMILES string of the molecule is Cc1cc(-c2ncccc2-c2ccc3onc(N)c3c2)ccc1F.Nc1n[nH]c2cc(-c3cccnc3-c3ccc(F)c(Cl)c3)ccc12.Nc1noc2cc(-c3cccnc3-c3ccc(F)c(Cl)c3)ccc12.Nc1noc2cc(-c3cccnc3-c3cccc(Cl)c3)ccc12.Nc1noc2ccc(-c3cccnc3-c3ccc(F)c(Cl)c3)cc12.Nc1noc2ccc(-c3cccnc3-c3cccc(Cl)c3)cc12. The Labute approximate surface area is 829 Å². The Hall–Kier alpha value is -17.7. The zero-order valence-electron chi connectivity index (χ0n) is 74.1. The lowest BCUT2D eigenvalue weighted by molar-refractivity contribution is 0.460. The predicted octanol–water partition coefficient (Wildman–Crippen LogP) is 28.7. The molecule has 0 saturated carbocycles. The van der Waals surface area contributed by atoms with Gasteiger partial charge in [-0.05, 0) is 252 Å². The van der Waals surface area contributed by atoms with Crippen LogP contribution in [-0.2, 0) is 0 Å². The summed E-state index contributed by atoms with van der Waals surface area (Å²) in [6.07, 6.45) is 10.3. The molecule has 0 spiro atoms. The zero-order chi connectivity index (χ0) is 98.3. The molecule has 142 heavy (non-hydrogen) atoms. The number of H-pyrrole nitrogens is 1. The maximum absolute atomic E-state index is 13.6. The smallest absolute Gasteiger partial charge is 0.174 e. The molecule has 12 aromatic heterocycles. The molecule has 0 unspecified atom stereocenters. The van der Waals surface area contributed by atoms with Crippen molar-refractivity contribution in [3.8, 4) is 134 Å². The number of nitrogens with one attached hydrogen (secondary N) is 1. The first-order valence-corrected chi connectivity index (χ1v) is 45.2. The van der Waals surface area contributed by atoms with Gasteiger partial charge in [-0.15, -0.1) is 0 Å². The summed E-state index contributed by atoms with van der Waals surface area (Å²) in [4.78, 5) is 26.9. The van der Waals surface area contributed by atoms with E-state index in [1.165, 1.54) is 24.3 Å². The van der Waals surface area contributed by atoms with Crippen molar-refractivity contribution in [1.82, 2.24) is 65.9 Å². The molecule has 696 valence electrons. The fourth-order valence-electron chi connectivity index (χ4n) is 16.0. The van der Waals surface area contributed by atoms with Crippen LogP contribution in [0.1, 0.15) is 5.56 Å². The fraction of sp³-hybridized carbons (Fsp3) is 0.00917. The van der Waals surface area contributed by atoms with Gasteiger partial charge in [0.25, 0.3) is 0 Å². The number of nitrogen functional groups attached to an aromatic ring is 6. The molecule has 0 saturated heterocycles. The summed E-state index contributed by atoms with van der Waals surface area (Å²) in [5.41, 5.74) is 60.4. The van der Waals surface area contributed by atoms with Crippen LogP contribution in [0.5, 0.6) is 0 Å². The second-order valence-corrected chi connectivity index (χ2v) is 34.1. The monoisotopic (exact) mass is 1980 g/mol. The number of aromatic nitrogens is 13. The number of hydrogen-bond acceptors (Lipinski definition) is 23. The van der Waals surface area contributed by atoms with Crippen LogP contribution in [0.4, 0.5) is 52.5 Å². The molecule has 24 rings (SSSR count). The van der Waals surface area contributed by atoms with Crippen molar-refractivity contribution < 1.29 is 40.2 Å². The van der Waals surface area contributed by atoms with Crippen molar-refractivity contribution in [2.45, 2.75) is 6.92 Å². The molecule has 12 heterocycles. The van der Waals surface area contributed by atoms with Gasteiger partial charge < -0.3 is 57.0 Å². The molecule has 13 N–H and O–H groups in total. The molecule has 12 aromatic carbocycles. The van der Waals surface area contributed by atoms with Crippen molar-refractivity contribution in [1.29, 1.82) is 0 Å². The van der Waals surface area contributed by atoms with Gasteiger partial charge in [-0.3, -0.25) is 35.0 Å². The Kier molecular flexibility index (Phi) is 26.9. The van der Waals surface area contributed by atoms with E-state index >= 15 is 0 Å². The summed E-state index contributed by atoms with van der Waals surface area (Å²) in [5, 5.41) is 32.1. The minimum absolute atomic E-state index is 0.0579. The summed E-state index contributed by atoms with van der Waals surface area (Å²) < 4.78 is 79.8. The number of pyridine rings is 6. The van der Waals surface area contributed by atoms with Crippen LogP contribution < -0.4 is 34.4 Å². The van der Waals surface area contributed by atoms with E-state index in [0.717, 1.165) is 161 Å². The third kappa shape index (κ3) is 20.0. The molecule has 0 radical (unpaired) electrons. The summed E-state index contributed by atoms with van der Waals surface area (Å²) in [6.45, 7) is 1.74. The van der Waals surface area contributed by atoms with Gasteiger partial charge in [-0.1, -0.05) is 181 Å². The van der Waals surface area contributed by atoms with E-state index in [1.807, 2.05) is 231 Å². The van der Waals surface area contributed by atoms with E-state index < -0.39 is 17.5 Å². The Bertz CT molecular complexity index is 8540. The lowest BCUT2D eigenvalue weighted by Gasteiger charge is -2.10. The number of aryl methyl sites for hydroxylation is 1. The Morgan fingerprint density at radius 1 is 0.232 bits per heavy atom. The number of hydrogen-bond donors (Lipinski definition) is 7. The van der Waals surface area contributed by atoms with Gasteiger partial charge in [0, 0.05) is 119 Å². The van der Waals surface area contributed by atoms with Crippen LogP contribution in [0.15, 0.2) is 363 Å². The molecule has 0 aliphatic carbocycles. The first kappa shape index (κ1) is 93.4. The molecule has 24 nitrogen and oxygen atoms in total. The minimum atomic E-state index is -0.462. The normalized spacial score (nSPS) is 11.1. The van der Waals surface area contributed by atoms with Crippen molar-refractivity contribution in [2.75, 3.05) is 34.4 Å². The number of aromatic amines is 1. The lowest BCUT2D eigenvalue weighted by atomic mass is 9.97. The highest BCUT2D eigenvalue weighted by atomic mass is 35.5. The van der Waals surface area contributed by atoms with E-state index in [-0.39, 0.29) is 20.9 Å². The third-order valence-electron chi connectivity index (χ3n) is 23.0. The number of fused-ring (bicyclic) bond motifs is 6. The Balaban J connectivity index is 0.000000108. The van der Waals surface area contributed by atoms with Crippen molar-refractivity contribution >= 4 is 159 Å². The van der Waals surface area contributed by atoms with Gasteiger partial charge in [-0.25, -0.2) is 17.6 Å². The molecule has 0 aliphatic heterocycles. The highest BCUT2D eigenvalue weighted by Gasteiger charge is 2.22. The van der Waals surface area contributed by atoms with Crippen molar-refractivity contribution in [3.63, 3.8) is 0 Å². The molecule has 0 atom stereocenters. The first-order valence-electron chi connectivity index (χ1n) is 43.3. The number of rotatable bonds is 12. The van der Waals surface area contributed by atoms with Crippen LogP contribution in [-0.4, -0.2) is 65.9 Å². The lowest BCUT2D eigenvalue weighted by Crippen LogP contribution is -1.91. The van der Waals surface area contributed by atoms with Crippen LogP contribution in [0, 0.1) is 30.2 Å². The highest BCUT2D eigenvalue weighted by Crippen LogP contribution is 2.43. The third-order valence-corrected chi connectivity index (χ3v) is 24.3. The van der Waals surface area contributed by atoms with E-state index in [1.54, 1.807) is 92.6 Å². The molecular weight excluding hydrogens is 1910 g/mol. The van der Waals surface area contributed by atoms with Crippen molar-refractivity contribution in [3.05, 3.63) is 394 Å². The van der Waals surface area contributed by atoms with Crippen molar-refractivity contribution in [2.24, 2.45) is 0 Å². The van der Waals surface area contributed by atoms with Crippen LogP contribution >= 0.6 is 58.0 Å². The number of nitrogens with zero attached hydrogens (tertiary/aromatic N) is 12. The zero-order valence-corrected chi connectivity index (χ0v) is 77.9. The minimum Gasteiger partial charge on any atom is -0.382 e. The maximum Gasteiger partial charge on any atom is 0.174 e. The molecule has 0 bridgehead atoms. The Morgan fingerprint density at radius 2 is 0.500 bits per heavy atom. The summed E-state index contributed by atoms with van der Waals surface area (Å²) in [6, 6.07) is 91.4. The van der Waals surface area contributed by atoms with Gasteiger partial charge in [-0.2, -0.15) is 5.10 Å². The fourth-order valence-corrected chi connectivity index (χ4v) is 17.0. The number of nitrogens with two attached hydrogens (primary N) is 6. The van der Waals surface area contributed by atoms with Crippen LogP contribution in [0.25, 0.3) is 200 Å². The van der Waals surface area contributed by atoms with Gasteiger partial charge in [0.15, 0.2) is 62.8 Å².